The summed E-state index contributed by atoms with van der Waals surface area (Å²) >= 11 is 0. The smallest absolute Gasteiger partial charge is 0.314 e. The third-order valence-electron chi connectivity index (χ3n) is 4.17. The number of rotatable bonds is 5. The summed E-state index contributed by atoms with van der Waals surface area (Å²) < 4.78 is 37.6. The molecule has 0 radical (unpaired) electrons. The largest absolute Gasteiger partial charge is 0.416 e. The van der Waals surface area contributed by atoms with E-state index in [0.717, 1.165) is 18.5 Å². The van der Waals surface area contributed by atoms with Gasteiger partial charge in [0.05, 0.1) is 5.56 Å². The molecule has 1 N–H and O–H groups in total. The van der Waals surface area contributed by atoms with Crippen LogP contribution in [-0.2, 0) is 12.6 Å². The first-order valence-electron chi connectivity index (χ1n) is 7.40. The third kappa shape index (κ3) is 3.98. The van der Waals surface area contributed by atoms with Crippen LogP contribution in [0.2, 0.25) is 0 Å². The van der Waals surface area contributed by atoms with Crippen molar-refractivity contribution < 1.29 is 13.2 Å². The van der Waals surface area contributed by atoms with E-state index >= 15 is 0 Å². The van der Waals surface area contributed by atoms with Crippen molar-refractivity contribution in [2.75, 3.05) is 6.54 Å². The van der Waals surface area contributed by atoms with Gasteiger partial charge in [-0.05, 0) is 49.4 Å². The lowest BCUT2D eigenvalue weighted by molar-refractivity contribution is -0.137. The Morgan fingerprint density at radius 1 is 1.15 bits per heavy atom. The molecule has 0 spiro atoms. The molecule has 1 aliphatic carbocycles. The Hall–Kier alpha value is -1.03. The molecule has 1 unspecified atom stereocenters. The van der Waals surface area contributed by atoms with Crippen LogP contribution in [0.4, 0.5) is 13.2 Å². The molecule has 0 amide bonds. The number of likely N-dealkylation sites (N-methyl/N-ethyl adjacent to an activating group) is 1. The summed E-state index contributed by atoms with van der Waals surface area (Å²) in [5.41, 5.74) is 0.415. The molecule has 1 aromatic rings. The molecule has 112 valence electrons. The minimum Gasteiger partial charge on any atom is -0.314 e. The second-order valence-electron chi connectivity index (χ2n) is 5.61. The number of alkyl halides is 3. The van der Waals surface area contributed by atoms with Crippen LogP contribution in [0.15, 0.2) is 24.3 Å². The summed E-state index contributed by atoms with van der Waals surface area (Å²) in [5, 5.41) is 3.50. The molecule has 1 fully saturated rings. The highest BCUT2D eigenvalue weighted by Crippen LogP contribution is 2.31. The van der Waals surface area contributed by atoms with Crippen molar-refractivity contribution >= 4 is 0 Å². The van der Waals surface area contributed by atoms with Gasteiger partial charge in [-0.25, -0.2) is 0 Å². The Labute approximate surface area is 118 Å². The van der Waals surface area contributed by atoms with Gasteiger partial charge in [-0.1, -0.05) is 31.9 Å². The average Bonchev–Trinajstić information content (AvgIpc) is 2.91. The Kier molecular flexibility index (Phi) is 5.08. The fraction of sp³-hybridized carbons (Fsp3) is 0.625. The van der Waals surface area contributed by atoms with E-state index in [4.69, 9.17) is 0 Å². The highest BCUT2D eigenvalue weighted by atomic mass is 19.4. The number of hydrogen-bond acceptors (Lipinski definition) is 1. The van der Waals surface area contributed by atoms with E-state index in [-0.39, 0.29) is 0 Å². The molecule has 1 aromatic carbocycles. The summed E-state index contributed by atoms with van der Waals surface area (Å²) in [5.74, 6) is 0.664. The van der Waals surface area contributed by atoms with Crippen molar-refractivity contribution in [2.45, 2.75) is 51.2 Å². The lowest BCUT2D eigenvalue weighted by Crippen LogP contribution is -2.36. The molecule has 0 saturated heterocycles. The molecule has 4 heteroatoms. The second-order valence-corrected chi connectivity index (χ2v) is 5.61. The minimum atomic E-state index is -4.24. The van der Waals surface area contributed by atoms with Crippen molar-refractivity contribution in [1.82, 2.24) is 5.32 Å². The quantitative estimate of drug-likeness (QED) is 0.844. The van der Waals surface area contributed by atoms with Crippen LogP contribution in [0.25, 0.3) is 0 Å². The van der Waals surface area contributed by atoms with Crippen molar-refractivity contribution in [3.8, 4) is 0 Å². The molecule has 0 aliphatic heterocycles. The van der Waals surface area contributed by atoms with Crippen molar-refractivity contribution in [3.05, 3.63) is 35.4 Å². The molecular weight excluding hydrogens is 263 g/mol. The topological polar surface area (TPSA) is 12.0 Å². The van der Waals surface area contributed by atoms with E-state index in [2.05, 4.69) is 12.2 Å². The van der Waals surface area contributed by atoms with Gasteiger partial charge in [-0.15, -0.1) is 0 Å². The van der Waals surface area contributed by atoms with Crippen LogP contribution in [-0.4, -0.2) is 12.6 Å². The van der Waals surface area contributed by atoms with Gasteiger partial charge in [0, 0.05) is 6.04 Å². The second kappa shape index (κ2) is 6.61. The molecule has 0 aromatic heterocycles. The van der Waals surface area contributed by atoms with E-state index in [1.165, 1.54) is 37.8 Å². The van der Waals surface area contributed by atoms with Gasteiger partial charge in [0.2, 0.25) is 0 Å². The molecule has 1 aliphatic rings. The van der Waals surface area contributed by atoms with Gasteiger partial charge >= 0.3 is 6.18 Å². The zero-order valence-electron chi connectivity index (χ0n) is 11.8. The van der Waals surface area contributed by atoms with E-state index in [9.17, 15) is 13.2 Å². The van der Waals surface area contributed by atoms with Crippen LogP contribution in [0.5, 0.6) is 0 Å². The normalized spacial score (nSPS) is 18.4. The van der Waals surface area contributed by atoms with Gasteiger partial charge in [0.15, 0.2) is 0 Å². The maximum Gasteiger partial charge on any atom is 0.416 e. The molecule has 1 saturated carbocycles. The first kappa shape index (κ1) is 15.4. The summed E-state index contributed by atoms with van der Waals surface area (Å²) in [6, 6.07) is 5.99. The predicted octanol–water partition coefficient (Wildman–Crippen LogP) is 4.42. The van der Waals surface area contributed by atoms with Crippen LogP contribution in [0.3, 0.4) is 0 Å². The van der Waals surface area contributed by atoms with E-state index in [0.29, 0.717) is 12.0 Å². The van der Waals surface area contributed by atoms with Crippen LogP contribution < -0.4 is 5.32 Å². The molecule has 0 bridgehead atoms. The Morgan fingerprint density at radius 2 is 1.75 bits per heavy atom. The van der Waals surface area contributed by atoms with Gasteiger partial charge in [0.1, 0.15) is 0 Å². The fourth-order valence-electron chi connectivity index (χ4n) is 3.11. The zero-order valence-corrected chi connectivity index (χ0v) is 11.8. The molecule has 0 heterocycles. The lowest BCUT2D eigenvalue weighted by Gasteiger charge is -2.24. The van der Waals surface area contributed by atoms with E-state index in [1.54, 1.807) is 12.1 Å². The lowest BCUT2D eigenvalue weighted by atomic mass is 9.92. The predicted molar refractivity (Wildman–Crippen MR) is 74.6 cm³/mol. The summed E-state index contributed by atoms with van der Waals surface area (Å²) in [6.45, 7) is 2.98. The maximum atomic E-state index is 12.5. The summed E-state index contributed by atoms with van der Waals surface area (Å²) in [7, 11) is 0. The highest BCUT2D eigenvalue weighted by molar-refractivity contribution is 5.25. The van der Waals surface area contributed by atoms with Crippen LogP contribution in [0, 0.1) is 5.92 Å². The highest BCUT2D eigenvalue weighted by Gasteiger charge is 2.30. The van der Waals surface area contributed by atoms with Gasteiger partial charge in [-0.3, -0.25) is 0 Å². The molecule has 1 nitrogen and oxygen atoms in total. The first-order valence-corrected chi connectivity index (χ1v) is 7.40. The maximum absolute atomic E-state index is 12.5. The standard InChI is InChI=1S/C16H22F3N/c1-2-20-15(13-5-3-4-6-13)11-12-7-9-14(10-8-12)16(17,18)19/h7-10,13,15,20H,2-6,11H2,1H3. The van der Waals surface area contributed by atoms with Crippen LogP contribution in [0.1, 0.15) is 43.7 Å². The van der Waals surface area contributed by atoms with Gasteiger partial charge in [-0.2, -0.15) is 13.2 Å². The number of benzene rings is 1. The zero-order chi connectivity index (χ0) is 14.6. The first-order chi connectivity index (χ1) is 9.50. The summed E-state index contributed by atoms with van der Waals surface area (Å²) in [6.07, 6.45) is 1.59. The molecule has 1 atom stereocenters. The SMILES string of the molecule is CCNC(Cc1ccc(C(F)(F)F)cc1)C1CCCC1. The Balaban J connectivity index is 2.02. The number of nitrogens with one attached hydrogen (secondary N) is 1. The average molecular weight is 285 g/mol. The van der Waals surface area contributed by atoms with E-state index < -0.39 is 11.7 Å². The van der Waals surface area contributed by atoms with Crippen molar-refractivity contribution in [2.24, 2.45) is 5.92 Å². The number of halogens is 3. The van der Waals surface area contributed by atoms with Gasteiger partial charge < -0.3 is 5.32 Å². The Bertz CT molecular complexity index is 405. The number of hydrogen-bond donors (Lipinski definition) is 1. The van der Waals surface area contributed by atoms with Crippen molar-refractivity contribution in [3.63, 3.8) is 0 Å². The molecular formula is C16H22F3N. The third-order valence-corrected chi connectivity index (χ3v) is 4.17. The van der Waals surface area contributed by atoms with Crippen LogP contribution >= 0.6 is 0 Å². The molecule has 20 heavy (non-hydrogen) atoms. The summed E-state index contributed by atoms with van der Waals surface area (Å²) in [4.78, 5) is 0. The minimum absolute atomic E-state index is 0.388. The van der Waals surface area contributed by atoms with Crippen molar-refractivity contribution in [1.29, 1.82) is 0 Å². The van der Waals surface area contributed by atoms with E-state index in [1.807, 2.05) is 0 Å². The fourth-order valence-corrected chi connectivity index (χ4v) is 3.11. The monoisotopic (exact) mass is 285 g/mol. The Morgan fingerprint density at radius 3 is 2.25 bits per heavy atom. The molecule has 2 rings (SSSR count). The van der Waals surface area contributed by atoms with Gasteiger partial charge in [0.25, 0.3) is 0 Å².